The number of rotatable bonds is 5. The van der Waals surface area contributed by atoms with Crippen molar-refractivity contribution in [1.29, 1.82) is 0 Å². The van der Waals surface area contributed by atoms with Crippen LogP contribution in [0.3, 0.4) is 0 Å². The van der Waals surface area contributed by atoms with Gasteiger partial charge < -0.3 is 16.0 Å². The third-order valence-electron chi connectivity index (χ3n) is 4.52. The molecule has 0 aromatic heterocycles. The van der Waals surface area contributed by atoms with Crippen molar-refractivity contribution < 1.29 is 18.4 Å². The second kappa shape index (κ2) is 9.27. The molecule has 2 aromatic carbocycles. The Bertz CT molecular complexity index is 838. The predicted octanol–water partition coefficient (Wildman–Crippen LogP) is 3.19. The van der Waals surface area contributed by atoms with Crippen LogP contribution < -0.4 is 16.0 Å². The molecule has 1 heterocycles. The normalized spacial score (nSPS) is 15.1. The van der Waals surface area contributed by atoms with E-state index in [1.807, 2.05) is 4.90 Å². The SMILES string of the molecule is O=C(CN1CCC(NC(=O)Nc2cccc(F)c2)CC1)Nc1ccccc1F. The molecule has 1 aliphatic rings. The van der Waals surface area contributed by atoms with Gasteiger partial charge in [0, 0.05) is 24.8 Å². The molecule has 28 heavy (non-hydrogen) atoms. The van der Waals surface area contributed by atoms with Gasteiger partial charge in [-0.15, -0.1) is 0 Å². The minimum absolute atomic E-state index is 0.0283. The molecule has 3 N–H and O–H groups in total. The van der Waals surface area contributed by atoms with E-state index in [0.29, 0.717) is 31.6 Å². The van der Waals surface area contributed by atoms with Crippen LogP contribution in [0.25, 0.3) is 0 Å². The number of amides is 3. The number of piperidine rings is 1. The first-order valence-electron chi connectivity index (χ1n) is 9.09. The van der Waals surface area contributed by atoms with Gasteiger partial charge in [0.2, 0.25) is 5.91 Å². The smallest absolute Gasteiger partial charge is 0.319 e. The second-order valence-corrected chi connectivity index (χ2v) is 6.69. The summed E-state index contributed by atoms with van der Waals surface area (Å²) in [6.45, 7) is 1.43. The lowest BCUT2D eigenvalue weighted by Crippen LogP contribution is -2.47. The third kappa shape index (κ3) is 5.75. The number of likely N-dealkylation sites (tertiary alicyclic amines) is 1. The molecule has 0 aliphatic carbocycles. The Balaban J connectivity index is 1.40. The lowest BCUT2D eigenvalue weighted by Gasteiger charge is -2.31. The zero-order valence-corrected chi connectivity index (χ0v) is 15.3. The van der Waals surface area contributed by atoms with Gasteiger partial charge in [0.1, 0.15) is 11.6 Å². The van der Waals surface area contributed by atoms with Crippen molar-refractivity contribution in [2.45, 2.75) is 18.9 Å². The zero-order valence-electron chi connectivity index (χ0n) is 15.3. The molecule has 2 aromatic rings. The van der Waals surface area contributed by atoms with Gasteiger partial charge in [0.15, 0.2) is 0 Å². The van der Waals surface area contributed by atoms with Crippen LogP contribution in [-0.2, 0) is 4.79 Å². The fourth-order valence-electron chi connectivity index (χ4n) is 3.11. The maximum atomic E-state index is 13.6. The number of hydrogen-bond acceptors (Lipinski definition) is 3. The molecule has 3 amide bonds. The number of anilines is 2. The number of carbonyl (C=O) groups excluding carboxylic acids is 2. The van der Waals surface area contributed by atoms with Crippen molar-refractivity contribution in [2.75, 3.05) is 30.3 Å². The van der Waals surface area contributed by atoms with E-state index in [4.69, 9.17) is 0 Å². The molecular weight excluding hydrogens is 366 g/mol. The average molecular weight is 388 g/mol. The van der Waals surface area contributed by atoms with E-state index < -0.39 is 11.6 Å². The molecule has 1 fully saturated rings. The van der Waals surface area contributed by atoms with Crippen molar-refractivity contribution in [2.24, 2.45) is 0 Å². The number of carbonyl (C=O) groups is 2. The minimum Gasteiger partial charge on any atom is -0.335 e. The van der Waals surface area contributed by atoms with E-state index in [9.17, 15) is 18.4 Å². The summed E-state index contributed by atoms with van der Waals surface area (Å²) in [5.41, 5.74) is 0.554. The largest absolute Gasteiger partial charge is 0.335 e. The molecule has 1 saturated heterocycles. The van der Waals surface area contributed by atoms with Crippen LogP contribution in [0.15, 0.2) is 48.5 Å². The quantitative estimate of drug-likeness (QED) is 0.737. The fourth-order valence-corrected chi connectivity index (χ4v) is 3.11. The van der Waals surface area contributed by atoms with Crippen molar-refractivity contribution in [3.63, 3.8) is 0 Å². The molecule has 0 spiro atoms. The van der Waals surface area contributed by atoms with E-state index in [-0.39, 0.29) is 30.2 Å². The molecule has 0 bridgehead atoms. The van der Waals surface area contributed by atoms with Crippen LogP contribution in [-0.4, -0.2) is 42.5 Å². The van der Waals surface area contributed by atoms with Crippen LogP contribution in [0.2, 0.25) is 0 Å². The molecule has 0 atom stereocenters. The number of nitrogens with zero attached hydrogens (tertiary/aromatic N) is 1. The Hall–Kier alpha value is -3.00. The van der Waals surface area contributed by atoms with Crippen LogP contribution >= 0.6 is 0 Å². The third-order valence-corrected chi connectivity index (χ3v) is 4.52. The molecule has 0 unspecified atom stereocenters. The Labute approximate surface area is 161 Å². The highest BCUT2D eigenvalue weighted by atomic mass is 19.1. The van der Waals surface area contributed by atoms with Crippen LogP contribution in [0.4, 0.5) is 25.0 Å². The van der Waals surface area contributed by atoms with E-state index in [2.05, 4.69) is 16.0 Å². The maximum absolute atomic E-state index is 13.6. The molecule has 0 saturated carbocycles. The first-order chi connectivity index (χ1) is 13.5. The molecular formula is C20H22F2N4O2. The van der Waals surface area contributed by atoms with Crippen molar-refractivity contribution in [1.82, 2.24) is 10.2 Å². The molecule has 3 rings (SSSR count). The van der Waals surface area contributed by atoms with Gasteiger partial charge in [-0.1, -0.05) is 18.2 Å². The summed E-state index contributed by atoms with van der Waals surface area (Å²) in [5, 5.41) is 8.03. The molecule has 0 radical (unpaired) electrons. The summed E-state index contributed by atoms with van der Waals surface area (Å²) in [5.74, 6) is -1.16. The van der Waals surface area contributed by atoms with E-state index in [0.717, 1.165) is 0 Å². The summed E-state index contributed by atoms with van der Waals surface area (Å²) in [4.78, 5) is 26.1. The first kappa shape index (κ1) is 19.8. The fraction of sp³-hybridized carbons (Fsp3) is 0.300. The Morgan fingerprint density at radius 3 is 2.46 bits per heavy atom. The Morgan fingerprint density at radius 2 is 1.75 bits per heavy atom. The monoisotopic (exact) mass is 388 g/mol. The minimum atomic E-state index is -0.469. The summed E-state index contributed by atoms with van der Waals surface area (Å²) in [7, 11) is 0. The molecule has 1 aliphatic heterocycles. The average Bonchev–Trinajstić information content (AvgIpc) is 2.65. The molecule has 6 nitrogen and oxygen atoms in total. The van der Waals surface area contributed by atoms with Gasteiger partial charge in [-0.25, -0.2) is 13.6 Å². The summed E-state index contributed by atoms with van der Waals surface area (Å²) in [6.07, 6.45) is 1.37. The van der Waals surface area contributed by atoms with Crippen molar-refractivity contribution in [3.8, 4) is 0 Å². The van der Waals surface area contributed by atoms with Gasteiger partial charge in [0.05, 0.1) is 12.2 Å². The summed E-state index contributed by atoms with van der Waals surface area (Å²) >= 11 is 0. The highest BCUT2D eigenvalue weighted by Gasteiger charge is 2.22. The van der Waals surface area contributed by atoms with Crippen LogP contribution in [0.1, 0.15) is 12.8 Å². The zero-order chi connectivity index (χ0) is 19.9. The maximum Gasteiger partial charge on any atom is 0.319 e. The summed E-state index contributed by atoms with van der Waals surface area (Å²) < 4.78 is 26.7. The van der Waals surface area contributed by atoms with Crippen LogP contribution in [0, 0.1) is 11.6 Å². The van der Waals surface area contributed by atoms with Gasteiger partial charge in [-0.3, -0.25) is 9.69 Å². The first-order valence-corrected chi connectivity index (χ1v) is 9.09. The number of nitrogens with one attached hydrogen (secondary N) is 3. The summed E-state index contributed by atoms with van der Waals surface area (Å²) in [6, 6.07) is 11.3. The second-order valence-electron chi connectivity index (χ2n) is 6.69. The lowest BCUT2D eigenvalue weighted by molar-refractivity contribution is -0.117. The van der Waals surface area contributed by atoms with E-state index in [1.165, 1.54) is 30.3 Å². The number of benzene rings is 2. The Morgan fingerprint density at radius 1 is 1.00 bits per heavy atom. The van der Waals surface area contributed by atoms with Crippen molar-refractivity contribution >= 4 is 23.3 Å². The molecule has 8 heteroatoms. The molecule has 148 valence electrons. The topological polar surface area (TPSA) is 73.5 Å². The van der Waals surface area contributed by atoms with Gasteiger partial charge >= 0.3 is 6.03 Å². The predicted molar refractivity (Wildman–Crippen MR) is 103 cm³/mol. The number of para-hydroxylation sites is 1. The van der Waals surface area contributed by atoms with Crippen molar-refractivity contribution in [3.05, 3.63) is 60.2 Å². The Kier molecular flexibility index (Phi) is 6.54. The van der Waals surface area contributed by atoms with Gasteiger partial charge in [-0.2, -0.15) is 0 Å². The lowest BCUT2D eigenvalue weighted by atomic mass is 10.1. The standard InChI is InChI=1S/C20H22F2N4O2/c21-14-4-3-5-16(12-14)24-20(28)23-15-8-10-26(11-9-15)13-19(27)25-18-7-2-1-6-17(18)22/h1-7,12,15H,8-11,13H2,(H,25,27)(H2,23,24,28). The number of urea groups is 1. The highest BCUT2D eigenvalue weighted by molar-refractivity contribution is 5.92. The van der Waals surface area contributed by atoms with Gasteiger partial charge in [0.25, 0.3) is 0 Å². The van der Waals surface area contributed by atoms with Gasteiger partial charge in [-0.05, 0) is 43.2 Å². The number of halogens is 2. The number of hydrogen-bond donors (Lipinski definition) is 3. The highest BCUT2D eigenvalue weighted by Crippen LogP contribution is 2.14. The van der Waals surface area contributed by atoms with E-state index in [1.54, 1.807) is 18.2 Å². The van der Waals surface area contributed by atoms with E-state index >= 15 is 0 Å². The van der Waals surface area contributed by atoms with Crippen LogP contribution in [0.5, 0.6) is 0 Å².